The maximum absolute atomic E-state index is 7.88. The molecule has 0 heterocycles. The average molecular weight is 1200 g/mol. The van der Waals surface area contributed by atoms with Crippen LogP contribution in [0.2, 0.25) is 0 Å². The van der Waals surface area contributed by atoms with Gasteiger partial charge in [0, 0.05) is 35.6 Å². The summed E-state index contributed by atoms with van der Waals surface area (Å²) in [5, 5.41) is 0. The van der Waals surface area contributed by atoms with E-state index < -0.39 is 115 Å². The van der Waals surface area contributed by atoms with Crippen LogP contribution in [0.4, 0.5) is 0 Å². The molecule has 0 heteroatoms. The van der Waals surface area contributed by atoms with Gasteiger partial charge in [-0.3, -0.25) is 0 Å². The summed E-state index contributed by atoms with van der Waals surface area (Å²) in [5.41, 5.74) is 0. The number of unbranched alkanes of at least 4 members (excludes halogenated alkanes) is 35. The Morgan fingerprint density at radius 2 is 0.325 bits per heavy atom. The van der Waals surface area contributed by atoms with Crippen LogP contribution in [0.15, 0.2) is 0 Å². The topological polar surface area (TPSA) is 0 Å². The maximum Gasteiger partial charge on any atom is 0.0267 e. The molecule has 20 unspecified atom stereocenters. The van der Waals surface area contributed by atoms with E-state index in [2.05, 4.69) is 41.5 Å². The molecule has 0 N–H and O–H groups in total. The third kappa shape index (κ3) is 137. The predicted octanol–water partition coefficient (Wildman–Crippen LogP) is 34.1. The van der Waals surface area contributed by atoms with E-state index in [0.29, 0.717) is 32.6 Å². The molecule has 83 heavy (non-hydrogen) atoms. The Balaban J connectivity index is -0.000000223. The SMILES string of the molecule is [2H]C(CC)C([2H])C([2H])C([2H])C([2H])CCCCCC.[2H]CC([2H])C([2H])C([2H])C([2H])C([2H])CCCC.[2H]CC([2H])C([2H])C([2H])C([2H])CCCCCCC.[2H]CC([2H])C([2H])C([2H])CCCCCCCC.[2H]CC([2H])C([2H])CCCCCCCCC.[2H]CC([2H])CCCCCCCCCC.[2H]CCCCCCCCCCCC. The van der Waals surface area contributed by atoms with E-state index in [0.717, 1.165) is 103 Å². The molecule has 512 valence electrons. The molecule has 0 aromatic heterocycles. The second-order valence-electron chi connectivity index (χ2n) is 22.4. The summed E-state index contributed by atoms with van der Waals surface area (Å²) in [4.78, 5) is 0. The molecule has 0 fully saturated rings. The molecule has 0 saturated heterocycles. The van der Waals surface area contributed by atoms with E-state index in [-0.39, 0.29) is 47.3 Å². The minimum Gasteiger partial charge on any atom is -0.0654 e. The van der Waals surface area contributed by atoms with Gasteiger partial charge in [-0.25, -0.2) is 0 Å². The minimum atomic E-state index is -1.05. The van der Waals surface area contributed by atoms with Crippen LogP contribution in [0.25, 0.3) is 0 Å². The van der Waals surface area contributed by atoms with Gasteiger partial charge in [0.15, 0.2) is 0 Å². The van der Waals surface area contributed by atoms with E-state index in [1.54, 1.807) is 0 Å². The van der Waals surface area contributed by atoms with Gasteiger partial charge in [-0.1, -0.05) is 539 Å². The summed E-state index contributed by atoms with van der Waals surface area (Å²) < 4.78 is 195. The Morgan fingerprint density at radius 1 is 0.133 bits per heavy atom. The van der Waals surface area contributed by atoms with Crippen molar-refractivity contribution in [2.24, 2.45) is 0 Å². The normalized spacial score (nSPS) is 22.5. The second kappa shape index (κ2) is 113. The molecule has 0 rings (SSSR count). The van der Waals surface area contributed by atoms with Crippen LogP contribution in [0.5, 0.6) is 0 Å². The van der Waals surface area contributed by atoms with Crippen molar-refractivity contribution >= 4 is 0 Å². The molecule has 0 saturated carbocycles. The van der Waals surface area contributed by atoms with Crippen molar-refractivity contribution in [1.29, 1.82) is 0 Å². The van der Waals surface area contributed by atoms with Crippen molar-refractivity contribution in [3.05, 3.63) is 0 Å². The highest BCUT2D eigenvalue weighted by molar-refractivity contribution is 4.51. The largest absolute Gasteiger partial charge is 0.0654 e. The third-order valence-electron chi connectivity index (χ3n) is 13.8. The smallest absolute Gasteiger partial charge is 0.0267 e. The van der Waals surface area contributed by atoms with Gasteiger partial charge in [-0.15, -0.1) is 0 Å². The molecule has 0 aromatic carbocycles. The van der Waals surface area contributed by atoms with Crippen LogP contribution in [0.1, 0.15) is 575 Å². The van der Waals surface area contributed by atoms with Crippen molar-refractivity contribution in [2.45, 2.75) is 539 Å². The lowest BCUT2D eigenvalue weighted by molar-refractivity contribution is 0.554. The molecule has 0 amide bonds. The quantitative estimate of drug-likeness (QED) is 0.0533. The van der Waals surface area contributed by atoms with E-state index >= 15 is 0 Å². The fourth-order valence-corrected chi connectivity index (χ4v) is 8.38. The Labute approximate surface area is 573 Å². The molecule has 0 bridgehead atoms. The molecule has 20 atom stereocenters. The standard InChI is InChI=1S/C13H28.5C12H26.C10H22/c1-3-5-7-9-11-13-12-10-8-6-4-2;5*1-3-5-7-9-11-12-10-8-6-4-2;1-3-5-7-9-10-8-6-4-2/h3-13H2,1-2H3;5*3-12H2,1-2H3;3-10H2,1-2H3/i5D,7D,9D,11D,13D;1D,3D,5D,7D,9D;1D,3D,5D,7D;1D,3D,5D;1D,3D;1D;1D,3D,5D,7D,9D,10D. The Bertz CT molecular complexity index is 1650. The van der Waals surface area contributed by atoms with Gasteiger partial charge in [0.1, 0.15) is 0 Å². The van der Waals surface area contributed by atoms with Crippen LogP contribution in [-0.2, 0) is 0 Å². The maximum atomic E-state index is 7.88. The van der Waals surface area contributed by atoms with Gasteiger partial charge < -0.3 is 0 Å². The highest BCUT2D eigenvalue weighted by Gasteiger charge is 1.96. The predicted molar refractivity (Wildman–Crippen MR) is 398 cm³/mol. The van der Waals surface area contributed by atoms with Gasteiger partial charge in [0.2, 0.25) is 0 Å². The first-order valence-corrected chi connectivity index (χ1v) is 36.2. The molecule has 0 aliphatic carbocycles. The highest BCUT2D eigenvalue weighted by atomic mass is 14.0. The summed E-state index contributed by atoms with van der Waals surface area (Å²) in [5.74, 6) is 0. The van der Waals surface area contributed by atoms with E-state index in [9.17, 15) is 0 Å². The van der Waals surface area contributed by atoms with Crippen LogP contribution in [-0.4, -0.2) is 0 Å². The summed E-state index contributed by atoms with van der Waals surface area (Å²) >= 11 is 0. The van der Waals surface area contributed by atoms with Gasteiger partial charge in [0.05, 0.1) is 0 Å². The Kier molecular flexibility index (Phi) is 73.0. The zero-order valence-corrected chi connectivity index (χ0v) is 58.4. The van der Waals surface area contributed by atoms with Crippen LogP contribution < -0.4 is 0 Å². The van der Waals surface area contributed by atoms with E-state index in [1.165, 1.54) is 186 Å². The molecule has 0 spiro atoms. The zero-order chi connectivity index (χ0) is 84.4. The third-order valence-corrected chi connectivity index (χ3v) is 13.8. The van der Waals surface area contributed by atoms with E-state index in [1.807, 2.05) is 13.8 Å². The van der Waals surface area contributed by atoms with Crippen LogP contribution in [0, 0.1) is 0 Å². The van der Waals surface area contributed by atoms with Gasteiger partial charge in [-0.2, -0.15) is 0 Å². The Hall–Kier alpha value is 0. The van der Waals surface area contributed by atoms with E-state index in [4.69, 9.17) is 35.6 Å². The first kappa shape index (κ1) is 53.6. The molecule has 0 aromatic rings. The molecular formula is C83H180. The number of hydrogen-bond acceptors (Lipinski definition) is 0. The lowest BCUT2D eigenvalue weighted by Gasteiger charge is -2.00. The van der Waals surface area contributed by atoms with Crippen molar-refractivity contribution in [1.82, 2.24) is 0 Å². The highest BCUT2D eigenvalue weighted by Crippen LogP contribution is 2.16. The van der Waals surface area contributed by atoms with Gasteiger partial charge >= 0.3 is 0 Å². The van der Waals surface area contributed by atoms with Crippen molar-refractivity contribution in [2.75, 3.05) is 0 Å². The van der Waals surface area contributed by atoms with Gasteiger partial charge in [-0.05, 0) is 0 Å². The van der Waals surface area contributed by atoms with Crippen LogP contribution >= 0.6 is 0 Å². The van der Waals surface area contributed by atoms with Gasteiger partial charge in [0.25, 0.3) is 0 Å². The zero-order valence-electron chi connectivity index (χ0n) is 84.4. The second-order valence-corrected chi connectivity index (χ2v) is 22.4. The fourth-order valence-electron chi connectivity index (χ4n) is 8.38. The number of hydrogen-bond donors (Lipinski definition) is 0. The van der Waals surface area contributed by atoms with Crippen LogP contribution in [0.3, 0.4) is 0 Å². The fraction of sp³-hybridized carbons (Fsp3) is 1.00. The number of rotatable bonds is 62. The summed E-state index contributed by atoms with van der Waals surface area (Å²) in [6.45, 7) is 17.6. The molecular weight excluding hydrogens is 997 g/mol. The van der Waals surface area contributed by atoms with Crippen molar-refractivity contribution < 1.29 is 35.6 Å². The molecule has 0 aliphatic heterocycles. The molecule has 0 nitrogen and oxygen atoms in total. The lowest BCUT2D eigenvalue weighted by atomic mass is 10.1. The summed E-state index contributed by atoms with van der Waals surface area (Å²) in [7, 11) is 0. The van der Waals surface area contributed by atoms with Crippen molar-refractivity contribution in [3.8, 4) is 0 Å². The minimum absolute atomic E-state index is 0.0555. The monoisotopic (exact) mass is 1200 g/mol. The van der Waals surface area contributed by atoms with Crippen molar-refractivity contribution in [3.63, 3.8) is 0 Å². The summed E-state index contributed by atoms with van der Waals surface area (Å²) in [6.07, 6.45) is 42.5. The lowest BCUT2D eigenvalue weighted by Crippen LogP contribution is -1.80. The molecule has 0 radical (unpaired) electrons. The first-order chi connectivity index (χ1) is 52.0. The molecule has 0 aliphatic rings. The summed E-state index contributed by atoms with van der Waals surface area (Å²) in [6, 6.07) is 0. The first-order valence-electron chi connectivity index (χ1n) is 52.0. The average Bonchev–Trinajstić information content (AvgIpc) is 0.892. The Morgan fingerprint density at radius 3 is 0.639 bits per heavy atom.